The molecule has 1 unspecified atom stereocenters. The summed E-state index contributed by atoms with van der Waals surface area (Å²) in [6, 6.07) is 9.27. The lowest BCUT2D eigenvalue weighted by molar-refractivity contribution is -0.126. The van der Waals surface area contributed by atoms with Crippen molar-refractivity contribution in [3.63, 3.8) is 0 Å². The Hall–Kier alpha value is -3.09. The largest absolute Gasteiger partial charge is 0.469 e. The van der Waals surface area contributed by atoms with Gasteiger partial charge in [0, 0.05) is 12.5 Å². The molecule has 0 bridgehead atoms. The van der Waals surface area contributed by atoms with Crippen molar-refractivity contribution in [1.82, 2.24) is 10.6 Å². The van der Waals surface area contributed by atoms with Crippen LogP contribution < -0.4 is 16.0 Å². The second-order valence-electron chi connectivity index (χ2n) is 6.02. The number of benzene rings is 1. The number of amides is 3. The molecule has 0 saturated heterocycles. The Morgan fingerprint density at radius 3 is 2.80 bits per heavy atom. The Balaban J connectivity index is 1.60. The lowest BCUT2D eigenvalue weighted by atomic mass is 10.1. The molecular formula is C18H19N3O4. The molecule has 2 aromatic rings. The fourth-order valence-corrected chi connectivity index (χ4v) is 2.76. The molecular weight excluding hydrogens is 322 g/mol. The van der Waals surface area contributed by atoms with Crippen LogP contribution in [0.25, 0.3) is 0 Å². The zero-order chi connectivity index (χ0) is 17.8. The van der Waals surface area contributed by atoms with Crippen molar-refractivity contribution in [3.05, 3.63) is 54.0 Å². The van der Waals surface area contributed by atoms with Crippen LogP contribution in [0.5, 0.6) is 0 Å². The molecule has 3 N–H and O–H groups in total. The summed E-state index contributed by atoms with van der Waals surface area (Å²) in [6.45, 7) is 1.85. The second kappa shape index (κ2) is 7.21. The number of hydrogen-bond donors (Lipinski definition) is 3. The van der Waals surface area contributed by atoms with Gasteiger partial charge in [0.15, 0.2) is 0 Å². The Morgan fingerprint density at radius 2 is 2.04 bits per heavy atom. The van der Waals surface area contributed by atoms with E-state index in [1.54, 1.807) is 36.6 Å². The summed E-state index contributed by atoms with van der Waals surface area (Å²) in [6.07, 6.45) is 1.99. The van der Waals surface area contributed by atoms with E-state index < -0.39 is 11.9 Å². The Bertz CT molecular complexity index is 785. The fraction of sp³-hybridized carbons (Fsp3) is 0.278. The van der Waals surface area contributed by atoms with Crippen LogP contribution in [0.4, 0.5) is 5.69 Å². The lowest BCUT2D eigenvalue weighted by Crippen LogP contribution is -2.46. The maximum absolute atomic E-state index is 12.3. The molecule has 0 saturated carbocycles. The van der Waals surface area contributed by atoms with Crippen molar-refractivity contribution in [2.75, 3.05) is 5.32 Å². The Labute approximate surface area is 144 Å². The molecule has 1 aromatic carbocycles. The van der Waals surface area contributed by atoms with Gasteiger partial charge in [-0.1, -0.05) is 12.1 Å². The SMILES string of the molecule is CC(Cc1ccco1)NC(=O)C[C@H]1NC(=O)c2ccccc2NC1=O. The highest BCUT2D eigenvalue weighted by Gasteiger charge is 2.29. The first-order chi connectivity index (χ1) is 12.0. The van der Waals surface area contributed by atoms with E-state index in [0.29, 0.717) is 17.7 Å². The van der Waals surface area contributed by atoms with Crippen LogP contribution in [-0.4, -0.2) is 29.8 Å². The smallest absolute Gasteiger partial charge is 0.254 e. The van der Waals surface area contributed by atoms with Crippen LogP contribution in [0, 0.1) is 0 Å². The van der Waals surface area contributed by atoms with Gasteiger partial charge in [0.25, 0.3) is 5.91 Å². The summed E-state index contributed by atoms with van der Waals surface area (Å²) >= 11 is 0. The molecule has 7 heteroatoms. The second-order valence-corrected chi connectivity index (χ2v) is 6.02. The monoisotopic (exact) mass is 341 g/mol. The van der Waals surface area contributed by atoms with Gasteiger partial charge in [0.2, 0.25) is 11.8 Å². The summed E-state index contributed by atoms with van der Waals surface area (Å²) < 4.78 is 5.25. The van der Waals surface area contributed by atoms with Crippen LogP contribution in [0.15, 0.2) is 47.1 Å². The number of furan rings is 1. The summed E-state index contributed by atoms with van der Waals surface area (Å²) in [5.74, 6) is -0.336. The summed E-state index contributed by atoms with van der Waals surface area (Å²) in [5.41, 5.74) is 0.823. The van der Waals surface area contributed by atoms with Gasteiger partial charge in [0.05, 0.1) is 23.9 Å². The number of carbonyl (C=O) groups is 3. The maximum Gasteiger partial charge on any atom is 0.254 e. The van der Waals surface area contributed by atoms with Gasteiger partial charge in [-0.05, 0) is 31.2 Å². The average molecular weight is 341 g/mol. The van der Waals surface area contributed by atoms with Gasteiger partial charge >= 0.3 is 0 Å². The van der Waals surface area contributed by atoms with E-state index in [9.17, 15) is 14.4 Å². The first kappa shape index (κ1) is 16.8. The molecule has 2 heterocycles. The molecule has 0 aliphatic carbocycles. The first-order valence-electron chi connectivity index (χ1n) is 8.05. The fourth-order valence-electron chi connectivity index (χ4n) is 2.76. The highest BCUT2D eigenvalue weighted by Crippen LogP contribution is 2.18. The molecule has 130 valence electrons. The zero-order valence-electron chi connectivity index (χ0n) is 13.7. The molecule has 2 atom stereocenters. The number of nitrogens with one attached hydrogen (secondary N) is 3. The van der Waals surface area contributed by atoms with E-state index in [1.807, 2.05) is 13.0 Å². The van der Waals surface area contributed by atoms with Crippen molar-refractivity contribution in [2.24, 2.45) is 0 Å². The van der Waals surface area contributed by atoms with Crippen molar-refractivity contribution < 1.29 is 18.8 Å². The predicted molar refractivity (Wildman–Crippen MR) is 91.0 cm³/mol. The quantitative estimate of drug-likeness (QED) is 0.766. The third-order valence-electron chi connectivity index (χ3n) is 3.94. The van der Waals surface area contributed by atoms with Crippen molar-refractivity contribution in [2.45, 2.75) is 31.8 Å². The number of rotatable bonds is 5. The Morgan fingerprint density at radius 1 is 1.24 bits per heavy atom. The predicted octanol–water partition coefficient (Wildman–Crippen LogP) is 1.47. The van der Waals surface area contributed by atoms with Gasteiger partial charge in [-0.2, -0.15) is 0 Å². The average Bonchev–Trinajstić information content (AvgIpc) is 3.03. The third-order valence-corrected chi connectivity index (χ3v) is 3.94. The number of hydrogen-bond acceptors (Lipinski definition) is 4. The topological polar surface area (TPSA) is 100 Å². The number of anilines is 1. The molecule has 3 rings (SSSR count). The van der Waals surface area contributed by atoms with E-state index in [-0.39, 0.29) is 24.3 Å². The minimum absolute atomic E-state index is 0.131. The van der Waals surface area contributed by atoms with E-state index in [2.05, 4.69) is 16.0 Å². The highest BCUT2D eigenvalue weighted by atomic mass is 16.3. The molecule has 7 nitrogen and oxygen atoms in total. The van der Waals surface area contributed by atoms with Crippen molar-refractivity contribution >= 4 is 23.4 Å². The van der Waals surface area contributed by atoms with E-state index >= 15 is 0 Å². The Kier molecular flexibility index (Phi) is 4.83. The van der Waals surface area contributed by atoms with Gasteiger partial charge in [-0.25, -0.2) is 0 Å². The van der Waals surface area contributed by atoms with Gasteiger partial charge in [-0.3, -0.25) is 14.4 Å². The summed E-state index contributed by atoms with van der Waals surface area (Å²) in [5, 5.41) is 8.10. The summed E-state index contributed by atoms with van der Waals surface area (Å²) in [7, 11) is 0. The van der Waals surface area contributed by atoms with Crippen LogP contribution >= 0.6 is 0 Å². The third kappa shape index (κ3) is 4.06. The number of carbonyl (C=O) groups excluding carboxylic acids is 3. The minimum Gasteiger partial charge on any atom is -0.469 e. The molecule has 1 aliphatic rings. The van der Waals surface area contributed by atoms with E-state index in [4.69, 9.17) is 4.42 Å². The van der Waals surface area contributed by atoms with Crippen LogP contribution in [-0.2, 0) is 16.0 Å². The van der Waals surface area contributed by atoms with Crippen LogP contribution in [0.1, 0.15) is 29.5 Å². The van der Waals surface area contributed by atoms with Crippen LogP contribution in [0.3, 0.4) is 0 Å². The van der Waals surface area contributed by atoms with Crippen molar-refractivity contribution in [1.29, 1.82) is 0 Å². The lowest BCUT2D eigenvalue weighted by Gasteiger charge is -2.17. The van der Waals surface area contributed by atoms with E-state index in [0.717, 1.165) is 5.76 Å². The zero-order valence-corrected chi connectivity index (χ0v) is 13.7. The van der Waals surface area contributed by atoms with Crippen LogP contribution in [0.2, 0.25) is 0 Å². The van der Waals surface area contributed by atoms with Gasteiger partial charge < -0.3 is 20.4 Å². The standard InChI is InChI=1S/C18H19N3O4/c1-11(9-12-5-4-8-25-12)19-16(22)10-15-18(24)20-14-7-3-2-6-13(14)17(23)21-15/h2-8,11,15H,9-10H2,1H3,(H,19,22)(H,20,24)(H,21,23)/t11?,15-/m1/s1. The van der Waals surface area contributed by atoms with Gasteiger partial charge in [0.1, 0.15) is 11.8 Å². The highest BCUT2D eigenvalue weighted by molar-refractivity contribution is 6.10. The molecule has 0 radical (unpaired) electrons. The number of para-hydroxylation sites is 1. The molecule has 0 spiro atoms. The molecule has 0 fully saturated rings. The molecule has 3 amide bonds. The minimum atomic E-state index is -0.921. The summed E-state index contributed by atoms with van der Waals surface area (Å²) in [4.78, 5) is 36.7. The van der Waals surface area contributed by atoms with E-state index in [1.165, 1.54) is 0 Å². The molecule has 1 aromatic heterocycles. The number of fused-ring (bicyclic) bond motifs is 1. The molecule has 25 heavy (non-hydrogen) atoms. The van der Waals surface area contributed by atoms with Crippen molar-refractivity contribution in [3.8, 4) is 0 Å². The maximum atomic E-state index is 12.3. The molecule has 1 aliphatic heterocycles. The normalized spacial score (nSPS) is 17.7. The first-order valence-corrected chi connectivity index (χ1v) is 8.05. The van der Waals surface area contributed by atoms with Gasteiger partial charge in [-0.15, -0.1) is 0 Å².